The number of nitrogens with zero attached hydrogens (tertiary/aromatic N) is 2. The maximum atomic E-state index is 12.3. The Kier molecular flexibility index (Phi) is 7.75. The van der Waals surface area contributed by atoms with Gasteiger partial charge in [-0.25, -0.2) is 0 Å². The zero-order valence-electron chi connectivity index (χ0n) is 15.0. The molecule has 1 heterocycles. The smallest absolute Gasteiger partial charge is 0.255 e. The van der Waals surface area contributed by atoms with Crippen molar-refractivity contribution in [2.45, 2.75) is 0 Å². The number of para-hydroxylation sites is 2. The van der Waals surface area contributed by atoms with E-state index in [0.717, 1.165) is 32.7 Å². The van der Waals surface area contributed by atoms with Crippen LogP contribution in [0, 0.1) is 0 Å². The first-order chi connectivity index (χ1) is 12.3. The molecule has 140 valence electrons. The minimum atomic E-state index is -0.0830. The van der Waals surface area contributed by atoms with E-state index in [1.807, 2.05) is 18.2 Å². The molecule has 1 fully saturated rings. The molecular weight excluding hydrogens is 350 g/mol. The maximum absolute atomic E-state index is 12.3. The molecule has 0 radical (unpaired) electrons. The Morgan fingerprint density at radius 3 is 2.35 bits per heavy atom. The van der Waals surface area contributed by atoms with Gasteiger partial charge in [0.1, 0.15) is 5.75 Å². The number of rotatable bonds is 6. The zero-order chi connectivity index (χ0) is 17.5. The lowest BCUT2D eigenvalue weighted by molar-refractivity contribution is -0.0000139. The highest BCUT2D eigenvalue weighted by Gasteiger charge is 2.17. The van der Waals surface area contributed by atoms with Gasteiger partial charge >= 0.3 is 0 Å². The molecular formula is C20H25ClN3O2-. The molecule has 3 rings (SSSR count). The Balaban J connectivity index is 0.00000243. The summed E-state index contributed by atoms with van der Waals surface area (Å²) in [6.45, 7) is 5.57. The summed E-state index contributed by atoms with van der Waals surface area (Å²) in [6, 6.07) is 17.8. The number of piperazine rings is 1. The average molecular weight is 375 g/mol. The average Bonchev–Trinajstić information content (AvgIpc) is 2.69. The summed E-state index contributed by atoms with van der Waals surface area (Å²) in [7, 11) is 1.58. The normalized spacial score (nSPS) is 14.4. The number of hydrogen-bond acceptors (Lipinski definition) is 4. The van der Waals surface area contributed by atoms with Crippen LogP contribution in [0.15, 0.2) is 54.6 Å². The van der Waals surface area contributed by atoms with Crippen molar-refractivity contribution in [3.8, 4) is 5.75 Å². The second-order valence-electron chi connectivity index (χ2n) is 6.12. The largest absolute Gasteiger partial charge is 1.00 e. The Morgan fingerprint density at radius 1 is 1.00 bits per heavy atom. The molecule has 6 heteroatoms. The van der Waals surface area contributed by atoms with Crippen LogP contribution in [0.2, 0.25) is 0 Å². The first-order valence-electron chi connectivity index (χ1n) is 8.71. The van der Waals surface area contributed by atoms with Crippen LogP contribution >= 0.6 is 0 Å². The molecule has 0 aliphatic carbocycles. The predicted octanol–water partition coefficient (Wildman–Crippen LogP) is -0.749. The quantitative estimate of drug-likeness (QED) is 0.723. The van der Waals surface area contributed by atoms with Crippen LogP contribution in [-0.2, 0) is 0 Å². The SMILES string of the molecule is COc1ccccc1C(=O)NCCN1CCN(c2ccccc2)CC1.[Cl-]. The van der Waals surface area contributed by atoms with Gasteiger partial charge in [-0.05, 0) is 24.3 Å². The lowest BCUT2D eigenvalue weighted by atomic mass is 10.2. The van der Waals surface area contributed by atoms with E-state index in [-0.39, 0.29) is 18.3 Å². The molecule has 0 bridgehead atoms. The molecule has 1 N–H and O–H groups in total. The molecule has 0 aromatic heterocycles. The number of carbonyl (C=O) groups excluding carboxylic acids is 1. The third-order valence-corrected chi connectivity index (χ3v) is 4.56. The van der Waals surface area contributed by atoms with Gasteiger partial charge in [0.15, 0.2) is 0 Å². The van der Waals surface area contributed by atoms with Crippen LogP contribution in [0.4, 0.5) is 5.69 Å². The summed E-state index contributed by atoms with van der Waals surface area (Å²) < 4.78 is 5.24. The summed E-state index contributed by atoms with van der Waals surface area (Å²) in [5, 5.41) is 2.99. The number of amides is 1. The standard InChI is InChI=1S/C20H25N3O2.ClH/c1-25-19-10-6-5-9-18(19)20(24)21-11-12-22-13-15-23(16-14-22)17-7-3-2-4-8-17;/h2-10H,11-16H2,1H3,(H,21,24);1H/p-1. The van der Waals surface area contributed by atoms with Gasteiger partial charge in [0.05, 0.1) is 12.7 Å². The van der Waals surface area contributed by atoms with Crippen molar-refractivity contribution < 1.29 is 21.9 Å². The van der Waals surface area contributed by atoms with Crippen molar-refractivity contribution >= 4 is 11.6 Å². The van der Waals surface area contributed by atoms with Crippen molar-refractivity contribution in [3.63, 3.8) is 0 Å². The van der Waals surface area contributed by atoms with Crippen LogP contribution in [-0.4, -0.2) is 57.2 Å². The molecule has 0 unspecified atom stereocenters. The monoisotopic (exact) mass is 374 g/mol. The molecule has 2 aromatic carbocycles. The van der Waals surface area contributed by atoms with E-state index in [1.54, 1.807) is 19.2 Å². The predicted molar refractivity (Wildman–Crippen MR) is 100 cm³/mol. The van der Waals surface area contributed by atoms with E-state index in [4.69, 9.17) is 4.74 Å². The summed E-state index contributed by atoms with van der Waals surface area (Å²) >= 11 is 0. The first-order valence-corrected chi connectivity index (χ1v) is 8.71. The lowest BCUT2D eigenvalue weighted by Gasteiger charge is -2.36. The number of carbonyl (C=O) groups is 1. The summed E-state index contributed by atoms with van der Waals surface area (Å²) in [6.07, 6.45) is 0. The molecule has 1 aliphatic rings. The second-order valence-corrected chi connectivity index (χ2v) is 6.12. The zero-order valence-corrected chi connectivity index (χ0v) is 15.8. The fourth-order valence-electron chi connectivity index (χ4n) is 3.12. The highest BCUT2D eigenvalue weighted by atomic mass is 35.5. The lowest BCUT2D eigenvalue weighted by Crippen LogP contribution is -3.00. The van der Waals surface area contributed by atoms with Gasteiger partial charge in [0.2, 0.25) is 0 Å². The van der Waals surface area contributed by atoms with Crippen LogP contribution in [0.5, 0.6) is 5.75 Å². The van der Waals surface area contributed by atoms with Crippen LogP contribution < -0.4 is 27.4 Å². The fraction of sp³-hybridized carbons (Fsp3) is 0.350. The highest BCUT2D eigenvalue weighted by molar-refractivity contribution is 5.96. The number of methoxy groups -OCH3 is 1. The van der Waals surface area contributed by atoms with E-state index in [0.29, 0.717) is 17.9 Å². The number of halogens is 1. The third-order valence-electron chi connectivity index (χ3n) is 4.56. The van der Waals surface area contributed by atoms with Crippen molar-refractivity contribution in [1.29, 1.82) is 0 Å². The van der Waals surface area contributed by atoms with Gasteiger partial charge in [0, 0.05) is 45.0 Å². The molecule has 1 aliphatic heterocycles. The number of hydrogen-bond donors (Lipinski definition) is 1. The molecule has 5 nitrogen and oxygen atoms in total. The van der Waals surface area contributed by atoms with E-state index in [9.17, 15) is 4.79 Å². The van der Waals surface area contributed by atoms with Crippen molar-refractivity contribution in [3.05, 3.63) is 60.2 Å². The van der Waals surface area contributed by atoms with Crippen LogP contribution in [0.25, 0.3) is 0 Å². The number of benzene rings is 2. The van der Waals surface area contributed by atoms with E-state index >= 15 is 0 Å². The molecule has 2 aromatic rings. The third kappa shape index (κ3) is 5.13. The highest BCUT2D eigenvalue weighted by Crippen LogP contribution is 2.17. The van der Waals surface area contributed by atoms with Crippen molar-refractivity contribution in [1.82, 2.24) is 10.2 Å². The molecule has 0 spiro atoms. The fourth-order valence-corrected chi connectivity index (χ4v) is 3.12. The van der Waals surface area contributed by atoms with Gasteiger partial charge in [0.25, 0.3) is 5.91 Å². The van der Waals surface area contributed by atoms with Crippen LogP contribution in [0.1, 0.15) is 10.4 Å². The number of anilines is 1. The Bertz CT molecular complexity index is 688. The molecule has 1 saturated heterocycles. The minimum Gasteiger partial charge on any atom is -1.00 e. The maximum Gasteiger partial charge on any atom is 0.255 e. The Hall–Kier alpha value is -2.24. The van der Waals surface area contributed by atoms with Crippen molar-refractivity contribution in [2.75, 3.05) is 51.3 Å². The molecule has 0 atom stereocenters. The Labute approximate surface area is 161 Å². The van der Waals surface area contributed by atoms with E-state index in [2.05, 4.69) is 39.4 Å². The number of nitrogens with one attached hydrogen (secondary N) is 1. The van der Waals surface area contributed by atoms with Gasteiger partial charge in [-0.2, -0.15) is 0 Å². The topological polar surface area (TPSA) is 44.8 Å². The molecule has 0 saturated carbocycles. The summed E-state index contributed by atoms with van der Waals surface area (Å²) in [5.74, 6) is 0.525. The van der Waals surface area contributed by atoms with Gasteiger partial charge in [-0.3, -0.25) is 9.69 Å². The summed E-state index contributed by atoms with van der Waals surface area (Å²) in [5.41, 5.74) is 1.87. The molecule has 1 amide bonds. The van der Waals surface area contributed by atoms with Gasteiger partial charge in [-0.15, -0.1) is 0 Å². The van der Waals surface area contributed by atoms with E-state index in [1.165, 1.54) is 5.69 Å². The second kappa shape index (κ2) is 10.0. The Morgan fingerprint density at radius 2 is 1.65 bits per heavy atom. The van der Waals surface area contributed by atoms with Gasteiger partial charge < -0.3 is 27.4 Å². The van der Waals surface area contributed by atoms with Crippen LogP contribution in [0.3, 0.4) is 0 Å². The van der Waals surface area contributed by atoms with E-state index < -0.39 is 0 Å². The number of ether oxygens (including phenoxy) is 1. The molecule has 26 heavy (non-hydrogen) atoms. The minimum absolute atomic E-state index is 0. The van der Waals surface area contributed by atoms with Crippen molar-refractivity contribution in [2.24, 2.45) is 0 Å². The van der Waals surface area contributed by atoms with Gasteiger partial charge in [-0.1, -0.05) is 30.3 Å². The summed E-state index contributed by atoms with van der Waals surface area (Å²) in [4.78, 5) is 17.1. The first kappa shape index (κ1) is 20.1.